The Labute approximate surface area is 177 Å². The van der Waals surface area contributed by atoms with Crippen molar-refractivity contribution in [2.45, 2.75) is 4.90 Å². The Morgan fingerprint density at radius 2 is 1.87 bits per heavy atom. The van der Waals surface area contributed by atoms with Crippen molar-refractivity contribution in [3.63, 3.8) is 0 Å². The third kappa shape index (κ3) is 4.24. The number of amides is 1. The predicted octanol–water partition coefficient (Wildman–Crippen LogP) is 2.57. The third-order valence-electron chi connectivity index (χ3n) is 4.86. The molecule has 0 atom stereocenters. The minimum absolute atomic E-state index is 0.0562. The van der Waals surface area contributed by atoms with E-state index in [2.05, 4.69) is 4.98 Å². The van der Waals surface area contributed by atoms with Gasteiger partial charge in [-0.25, -0.2) is 17.8 Å². The van der Waals surface area contributed by atoms with Crippen molar-refractivity contribution in [3.05, 3.63) is 48.3 Å². The van der Waals surface area contributed by atoms with Gasteiger partial charge < -0.3 is 14.5 Å². The first-order chi connectivity index (χ1) is 14.3. The van der Waals surface area contributed by atoms with Gasteiger partial charge in [0.25, 0.3) is 5.91 Å². The molecule has 0 radical (unpaired) electrons. The summed E-state index contributed by atoms with van der Waals surface area (Å²) in [6.07, 6.45) is 1.18. The maximum Gasteiger partial charge on any atom is 0.260 e. The van der Waals surface area contributed by atoms with Crippen LogP contribution in [0, 0.1) is 5.82 Å². The van der Waals surface area contributed by atoms with Crippen LogP contribution in [0.2, 0.25) is 0 Å². The summed E-state index contributed by atoms with van der Waals surface area (Å²) in [5.74, 6) is -0.651. The van der Waals surface area contributed by atoms with Gasteiger partial charge in [0.05, 0.1) is 9.60 Å². The molecular formula is C20H20FN3O4S2. The summed E-state index contributed by atoms with van der Waals surface area (Å²) in [6.45, 7) is 1.88. The molecule has 7 nitrogen and oxygen atoms in total. The van der Waals surface area contributed by atoms with Crippen LogP contribution < -0.4 is 9.64 Å². The number of sulfone groups is 1. The highest BCUT2D eigenvalue weighted by molar-refractivity contribution is 7.91. The molecule has 0 aliphatic carbocycles. The van der Waals surface area contributed by atoms with Gasteiger partial charge in [-0.05, 0) is 24.3 Å². The molecule has 30 heavy (non-hydrogen) atoms. The Balaban J connectivity index is 1.40. The molecule has 2 heterocycles. The average Bonchev–Trinajstić information content (AvgIpc) is 3.16. The Morgan fingerprint density at radius 1 is 1.13 bits per heavy atom. The largest absolute Gasteiger partial charge is 0.481 e. The second kappa shape index (κ2) is 8.19. The smallest absolute Gasteiger partial charge is 0.260 e. The van der Waals surface area contributed by atoms with Gasteiger partial charge in [-0.2, -0.15) is 0 Å². The molecule has 2 aromatic carbocycles. The van der Waals surface area contributed by atoms with Crippen LogP contribution in [0.15, 0.2) is 47.4 Å². The van der Waals surface area contributed by atoms with Crippen LogP contribution in [-0.2, 0) is 14.6 Å². The number of hydrogen-bond acceptors (Lipinski definition) is 7. The third-order valence-corrected chi connectivity index (χ3v) is 7.07. The molecule has 10 heteroatoms. The van der Waals surface area contributed by atoms with Gasteiger partial charge in [0.1, 0.15) is 5.52 Å². The Hall–Kier alpha value is -2.72. The first kappa shape index (κ1) is 20.5. The molecule has 4 rings (SSSR count). The number of ether oxygens (including phenoxy) is 1. The standard InChI is InChI=1S/C20H20FN3O4S2/c1-30(26,27)17-8-4-7-16-19(17)22-20(29-16)24-11-9-23(10-12-24)18(25)13-28-15-6-3-2-5-14(15)21/h2-8H,9-13H2,1H3. The van der Waals surface area contributed by atoms with Crippen molar-refractivity contribution < 1.29 is 22.3 Å². The van der Waals surface area contributed by atoms with Gasteiger partial charge in [0.2, 0.25) is 0 Å². The van der Waals surface area contributed by atoms with Crippen molar-refractivity contribution >= 4 is 42.4 Å². The zero-order valence-corrected chi connectivity index (χ0v) is 17.9. The molecule has 158 valence electrons. The Kier molecular flexibility index (Phi) is 5.61. The van der Waals surface area contributed by atoms with E-state index in [-0.39, 0.29) is 23.2 Å². The van der Waals surface area contributed by atoms with E-state index in [4.69, 9.17) is 4.74 Å². The number of carbonyl (C=O) groups is 1. The van der Waals surface area contributed by atoms with Gasteiger partial charge in [0.15, 0.2) is 33.1 Å². The number of anilines is 1. The second-order valence-corrected chi connectivity index (χ2v) is 9.95. The number of nitrogens with zero attached hydrogens (tertiary/aromatic N) is 3. The molecule has 0 bridgehead atoms. The van der Waals surface area contributed by atoms with Gasteiger partial charge in [-0.1, -0.05) is 29.5 Å². The number of fused-ring (bicyclic) bond motifs is 1. The SMILES string of the molecule is CS(=O)(=O)c1cccc2sc(N3CCN(C(=O)COc4ccccc4F)CC3)nc12. The van der Waals surface area contributed by atoms with Crippen LogP contribution in [0.5, 0.6) is 5.75 Å². The van der Waals surface area contributed by atoms with Crippen LogP contribution in [0.3, 0.4) is 0 Å². The first-order valence-corrected chi connectivity index (χ1v) is 12.0. The maximum atomic E-state index is 13.6. The fraction of sp³-hybridized carbons (Fsp3) is 0.300. The minimum Gasteiger partial charge on any atom is -0.481 e. The van der Waals surface area contributed by atoms with Gasteiger partial charge in [-0.3, -0.25) is 4.79 Å². The van der Waals surface area contributed by atoms with Crippen molar-refractivity contribution in [2.75, 3.05) is 43.9 Å². The number of hydrogen-bond donors (Lipinski definition) is 0. The minimum atomic E-state index is -3.37. The van der Waals surface area contributed by atoms with E-state index in [1.165, 1.54) is 29.7 Å². The van der Waals surface area contributed by atoms with E-state index in [1.807, 2.05) is 11.0 Å². The summed E-state index contributed by atoms with van der Waals surface area (Å²) in [5.41, 5.74) is 0.483. The van der Waals surface area contributed by atoms with Crippen LogP contribution in [0.4, 0.5) is 9.52 Å². The first-order valence-electron chi connectivity index (χ1n) is 9.32. The quantitative estimate of drug-likeness (QED) is 0.596. The van der Waals surface area contributed by atoms with Gasteiger partial charge in [0, 0.05) is 32.4 Å². The summed E-state index contributed by atoms with van der Waals surface area (Å²) in [7, 11) is -3.37. The number of carbonyl (C=O) groups excluding carboxylic acids is 1. The fourth-order valence-corrected chi connectivity index (χ4v) is 5.23. The van der Waals surface area contributed by atoms with Gasteiger partial charge in [-0.15, -0.1) is 0 Å². The van der Waals surface area contributed by atoms with E-state index in [9.17, 15) is 17.6 Å². The molecule has 1 aromatic heterocycles. The number of benzene rings is 2. The number of aromatic nitrogens is 1. The summed E-state index contributed by atoms with van der Waals surface area (Å²) in [6, 6.07) is 11.1. The zero-order valence-electron chi connectivity index (χ0n) is 16.2. The molecule has 0 unspecified atom stereocenters. The molecule has 0 N–H and O–H groups in total. The zero-order chi connectivity index (χ0) is 21.3. The Morgan fingerprint density at radius 3 is 2.57 bits per heavy atom. The molecule has 3 aromatic rings. The van der Waals surface area contributed by atoms with Crippen molar-refractivity contribution in [2.24, 2.45) is 0 Å². The van der Waals surface area contributed by atoms with Crippen LogP contribution >= 0.6 is 11.3 Å². The van der Waals surface area contributed by atoms with Crippen molar-refractivity contribution in [1.29, 1.82) is 0 Å². The molecule has 1 fully saturated rings. The van der Waals surface area contributed by atoms with E-state index >= 15 is 0 Å². The topological polar surface area (TPSA) is 79.8 Å². The number of rotatable bonds is 5. The molecule has 1 saturated heterocycles. The number of piperazine rings is 1. The van der Waals surface area contributed by atoms with Crippen molar-refractivity contribution in [3.8, 4) is 5.75 Å². The molecule has 1 aliphatic rings. The number of para-hydroxylation sites is 2. The lowest BCUT2D eigenvalue weighted by Crippen LogP contribution is -2.50. The highest BCUT2D eigenvalue weighted by Crippen LogP contribution is 2.33. The maximum absolute atomic E-state index is 13.6. The lowest BCUT2D eigenvalue weighted by atomic mass is 10.3. The molecular weight excluding hydrogens is 429 g/mol. The molecule has 0 spiro atoms. The van der Waals surface area contributed by atoms with Crippen molar-refractivity contribution in [1.82, 2.24) is 9.88 Å². The van der Waals surface area contributed by atoms with Gasteiger partial charge >= 0.3 is 0 Å². The summed E-state index contributed by atoms with van der Waals surface area (Å²) >= 11 is 1.43. The highest BCUT2D eigenvalue weighted by Gasteiger charge is 2.24. The molecule has 1 amide bonds. The Bertz CT molecular complexity index is 1190. The van der Waals surface area contributed by atoms with E-state index in [0.717, 1.165) is 9.83 Å². The van der Waals surface area contributed by atoms with E-state index < -0.39 is 15.7 Å². The monoisotopic (exact) mass is 449 g/mol. The normalized spacial score (nSPS) is 14.9. The number of halogens is 1. The fourth-order valence-electron chi connectivity index (χ4n) is 3.29. The molecule has 0 saturated carbocycles. The van der Waals surface area contributed by atoms with Crippen LogP contribution in [0.1, 0.15) is 0 Å². The lowest BCUT2D eigenvalue weighted by Gasteiger charge is -2.34. The number of thiazole rings is 1. The predicted molar refractivity (Wildman–Crippen MR) is 113 cm³/mol. The van der Waals surface area contributed by atoms with E-state index in [1.54, 1.807) is 29.2 Å². The highest BCUT2D eigenvalue weighted by atomic mass is 32.2. The average molecular weight is 450 g/mol. The summed E-state index contributed by atoms with van der Waals surface area (Å²) in [4.78, 5) is 20.9. The second-order valence-electron chi connectivity index (χ2n) is 6.96. The van der Waals surface area contributed by atoms with Crippen LogP contribution in [0.25, 0.3) is 10.2 Å². The molecule has 1 aliphatic heterocycles. The van der Waals surface area contributed by atoms with E-state index in [0.29, 0.717) is 31.7 Å². The van der Waals surface area contributed by atoms with Crippen LogP contribution in [-0.4, -0.2) is 63.3 Å². The summed E-state index contributed by atoms with van der Waals surface area (Å²) in [5, 5.41) is 0.732. The summed E-state index contributed by atoms with van der Waals surface area (Å²) < 4.78 is 43.7. The lowest BCUT2D eigenvalue weighted by molar-refractivity contribution is -0.133.